The van der Waals surface area contributed by atoms with Crippen LogP contribution in [0.3, 0.4) is 0 Å². The molecule has 0 unspecified atom stereocenters. The van der Waals surface area contributed by atoms with Gasteiger partial charge in [0.05, 0.1) is 0 Å². The van der Waals surface area contributed by atoms with Crippen molar-refractivity contribution in [3.63, 3.8) is 0 Å². The van der Waals surface area contributed by atoms with Crippen LogP contribution in [0.25, 0.3) is 10.8 Å². The van der Waals surface area contributed by atoms with Crippen LogP contribution in [-0.2, 0) is 0 Å². The maximum absolute atomic E-state index is 11.8. The molecule has 182 valence electrons. The van der Waals surface area contributed by atoms with E-state index in [0.717, 1.165) is 35.5 Å². The first kappa shape index (κ1) is 25.4. The second-order valence-electron chi connectivity index (χ2n) is 9.62. The number of rotatable bonds is 11. The zero-order chi connectivity index (χ0) is 23.5. The molecule has 0 radical (unpaired) electrons. The van der Waals surface area contributed by atoms with Crippen LogP contribution in [-0.4, -0.2) is 56.2 Å². The summed E-state index contributed by atoms with van der Waals surface area (Å²) in [5.41, 5.74) is 0. The summed E-state index contributed by atoms with van der Waals surface area (Å²) in [6.07, 6.45) is 11.9. The minimum absolute atomic E-state index is 0.377. The summed E-state index contributed by atoms with van der Waals surface area (Å²) in [6, 6.07) is 11.8. The number of carbonyl (C=O) groups excluding carboxylic acids is 1. The molecule has 0 N–H and O–H groups in total. The Balaban J connectivity index is 1.53. The normalized spacial score (nSPS) is 14.9. The van der Waals surface area contributed by atoms with E-state index >= 15 is 0 Å². The third-order valence-electron chi connectivity index (χ3n) is 6.69. The van der Waals surface area contributed by atoms with Crippen LogP contribution in [0.1, 0.15) is 64.7 Å². The standard InChI is InChI=1S/C28H42N2O3/c1-4-5-17-30(18-16-23-10-8-6-7-9-11-23)19-20-32-26-14-12-24-13-15-27(22-25(24)21-26)33-28(31)29(2)3/h12-15,21-23H,4-11,16-20H2,1-3H3. The number of nitrogens with zero attached hydrogens (tertiary/aromatic N) is 2. The minimum Gasteiger partial charge on any atom is -0.492 e. The number of carbonyl (C=O) groups is 1. The Hall–Kier alpha value is -2.27. The molecule has 1 saturated carbocycles. The molecule has 0 heterocycles. The van der Waals surface area contributed by atoms with Crippen molar-refractivity contribution in [1.82, 2.24) is 9.80 Å². The smallest absolute Gasteiger partial charge is 0.414 e. The molecule has 1 fully saturated rings. The highest BCUT2D eigenvalue weighted by atomic mass is 16.6. The van der Waals surface area contributed by atoms with Gasteiger partial charge in [0.2, 0.25) is 0 Å². The molecule has 0 saturated heterocycles. The molecule has 33 heavy (non-hydrogen) atoms. The van der Waals surface area contributed by atoms with Crippen LogP contribution < -0.4 is 9.47 Å². The summed E-state index contributed by atoms with van der Waals surface area (Å²) in [5.74, 6) is 2.31. The van der Waals surface area contributed by atoms with Crippen LogP contribution in [0.4, 0.5) is 4.79 Å². The Morgan fingerprint density at radius 3 is 2.30 bits per heavy atom. The van der Waals surface area contributed by atoms with Gasteiger partial charge < -0.3 is 14.4 Å². The molecule has 0 aliphatic heterocycles. The first-order valence-electron chi connectivity index (χ1n) is 12.8. The SMILES string of the molecule is CCCCN(CCOc1ccc2ccc(OC(=O)N(C)C)cc2c1)CCC1CCCCCC1. The van der Waals surface area contributed by atoms with E-state index in [1.165, 1.54) is 69.2 Å². The van der Waals surface area contributed by atoms with Crippen LogP contribution in [0.2, 0.25) is 0 Å². The second-order valence-corrected chi connectivity index (χ2v) is 9.62. The fraction of sp³-hybridized carbons (Fsp3) is 0.607. The van der Waals surface area contributed by atoms with Crippen molar-refractivity contribution in [2.45, 2.75) is 64.7 Å². The molecule has 2 aromatic carbocycles. The lowest BCUT2D eigenvalue weighted by atomic mass is 9.96. The highest BCUT2D eigenvalue weighted by molar-refractivity contribution is 5.86. The van der Waals surface area contributed by atoms with Crippen LogP contribution in [0.15, 0.2) is 36.4 Å². The summed E-state index contributed by atoms with van der Waals surface area (Å²) < 4.78 is 11.5. The van der Waals surface area contributed by atoms with E-state index in [1.807, 2.05) is 30.3 Å². The summed E-state index contributed by atoms with van der Waals surface area (Å²) in [4.78, 5) is 15.9. The Morgan fingerprint density at radius 1 is 0.909 bits per heavy atom. The van der Waals surface area contributed by atoms with E-state index in [4.69, 9.17) is 9.47 Å². The summed E-state index contributed by atoms with van der Waals surface area (Å²) in [5, 5.41) is 2.10. The zero-order valence-corrected chi connectivity index (χ0v) is 20.9. The van der Waals surface area contributed by atoms with E-state index < -0.39 is 0 Å². The van der Waals surface area contributed by atoms with E-state index in [-0.39, 0.29) is 6.09 Å². The molecule has 5 heteroatoms. The Bertz CT molecular complexity index is 859. The molecule has 2 aromatic rings. The van der Waals surface area contributed by atoms with Crippen molar-refractivity contribution in [3.8, 4) is 11.5 Å². The number of hydrogen-bond donors (Lipinski definition) is 0. The molecule has 0 aromatic heterocycles. The van der Waals surface area contributed by atoms with Crippen molar-refractivity contribution >= 4 is 16.9 Å². The zero-order valence-electron chi connectivity index (χ0n) is 20.9. The van der Waals surface area contributed by atoms with Gasteiger partial charge in [-0.05, 0) is 66.9 Å². The molecule has 0 atom stereocenters. The molecule has 0 bridgehead atoms. The molecule has 3 rings (SSSR count). The molecule has 0 spiro atoms. The molecular weight excluding hydrogens is 412 g/mol. The number of unbranched alkanes of at least 4 members (excludes halogenated alkanes) is 1. The Morgan fingerprint density at radius 2 is 1.61 bits per heavy atom. The van der Waals surface area contributed by atoms with Gasteiger partial charge in [0, 0.05) is 20.6 Å². The topological polar surface area (TPSA) is 42.0 Å². The molecular formula is C28H42N2O3. The highest BCUT2D eigenvalue weighted by Gasteiger charge is 2.14. The van der Waals surface area contributed by atoms with Crippen molar-refractivity contribution in [2.24, 2.45) is 5.92 Å². The predicted octanol–water partition coefficient (Wildman–Crippen LogP) is 6.74. The third kappa shape index (κ3) is 8.54. The summed E-state index contributed by atoms with van der Waals surface area (Å²) >= 11 is 0. The number of amides is 1. The minimum atomic E-state index is -0.377. The van der Waals surface area contributed by atoms with E-state index in [1.54, 1.807) is 14.1 Å². The lowest BCUT2D eigenvalue weighted by molar-refractivity contribution is 0.172. The van der Waals surface area contributed by atoms with Crippen LogP contribution >= 0.6 is 0 Å². The van der Waals surface area contributed by atoms with Gasteiger partial charge in [-0.2, -0.15) is 0 Å². The molecule has 1 aliphatic carbocycles. The number of benzene rings is 2. The number of ether oxygens (including phenoxy) is 2. The van der Waals surface area contributed by atoms with Gasteiger partial charge in [0.1, 0.15) is 18.1 Å². The summed E-state index contributed by atoms with van der Waals surface area (Å²) in [7, 11) is 3.35. The van der Waals surface area contributed by atoms with Gasteiger partial charge in [-0.3, -0.25) is 4.90 Å². The molecule has 1 aliphatic rings. The van der Waals surface area contributed by atoms with Crippen molar-refractivity contribution in [1.29, 1.82) is 0 Å². The average molecular weight is 455 g/mol. The van der Waals surface area contributed by atoms with Gasteiger partial charge in [-0.1, -0.05) is 64.0 Å². The number of fused-ring (bicyclic) bond motifs is 1. The quantitative estimate of drug-likeness (QED) is 0.353. The predicted molar refractivity (Wildman–Crippen MR) is 136 cm³/mol. The van der Waals surface area contributed by atoms with E-state index in [0.29, 0.717) is 12.4 Å². The lowest BCUT2D eigenvalue weighted by Crippen LogP contribution is -2.31. The first-order chi connectivity index (χ1) is 16.0. The van der Waals surface area contributed by atoms with E-state index in [9.17, 15) is 4.79 Å². The molecule has 1 amide bonds. The third-order valence-corrected chi connectivity index (χ3v) is 6.69. The second kappa shape index (κ2) is 13.4. The van der Waals surface area contributed by atoms with Crippen molar-refractivity contribution in [2.75, 3.05) is 40.3 Å². The maximum atomic E-state index is 11.8. The average Bonchev–Trinajstić information content (AvgIpc) is 3.09. The lowest BCUT2D eigenvalue weighted by Gasteiger charge is -2.25. The van der Waals surface area contributed by atoms with Crippen LogP contribution in [0, 0.1) is 5.92 Å². The first-order valence-corrected chi connectivity index (χ1v) is 12.8. The van der Waals surface area contributed by atoms with Crippen molar-refractivity contribution in [3.05, 3.63) is 36.4 Å². The largest absolute Gasteiger partial charge is 0.492 e. The fourth-order valence-corrected chi connectivity index (χ4v) is 4.58. The highest BCUT2D eigenvalue weighted by Crippen LogP contribution is 2.27. The molecule has 5 nitrogen and oxygen atoms in total. The summed E-state index contributed by atoms with van der Waals surface area (Å²) in [6.45, 7) is 6.26. The van der Waals surface area contributed by atoms with E-state index in [2.05, 4.69) is 17.9 Å². The monoisotopic (exact) mass is 454 g/mol. The van der Waals surface area contributed by atoms with Gasteiger partial charge in [0.15, 0.2) is 0 Å². The van der Waals surface area contributed by atoms with Crippen LogP contribution in [0.5, 0.6) is 11.5 Å². The number of hydrogen-bond acceptors (Lipinski definition) is 4. The van der Waals surface area contributed by atoms with Crippen molar-refractivity contribution < 1.29 is 14.3 Å². The van der Waals surface area contributed by atoms with Gasteiger partial charge in [0.25, 0.3) is 0 Å². The Labute approximate surface area is 200 Å². The van der Waals surface area contributed by atoms with Gasteiger partial charge >= 0.3 is 6.09 Å². The fourth-order valence-electron chi connectivity index (χ4n) is 4.58. The van der Waals surface area contributed by atoms with Gasteiger partial charge in [-0.15, -0.1) is 0 Å². The Kier molecular flexibility index (Phi) is 10.3. The maximum Gasteiger partial charge on any atom is 0.414 e. The van der Waals surface area contributed by atoms with Gasteiger partial charge in [-0.25, -0.2) is 4.79 Å².